The van der Waals surface area contributed by atoms with Crippen LogP contribution in [0.4, 0.5) is 0 Å². The van der Waals surface area contributed by atoms with Crippen LogP contribution in [0.3, 0.4) is 0 Å². The molecule has 1 saturated heterocycles. The van der Waals surface area contributed by atoms with Crippen molar-refractivity contribution in [2.45, 2.75) is 46.2 Å². The van der Waals surface area contributed by atoms with Crippen molar-refractivity contribution in [1.82, 2.24) is 14.8 Å². The molecule has 0 saturated carbocycles. The fourth-order valence-electron chi connectivity index (χ4n) is 4.81. The quantitative estimate of drug-likeness (QED) is 0.383. The topological polar surface area (TPSA) is 58.8 Å². The molecule has 2 aromatic carbocycles. The van der Waals surface area contributed by atoms with E-state index in [-0.39, 0.29) is 11.3 Å². The molecule has 0 aliphatic carbocycles. The molecule has 6 nitrogen and oxygen atoms in total. The molecule has 2 heterocycles. The van der Waals surface area contributed by atoms with Crippen molar-refractivity contribution in [1.29, 1.82) is 0 Å². The first-order chi connectivity index (χ1) is 16.8. The summed E-state index contributed by atoms with van der Waals surface area (Å²) in [6.45, 7) is 7.30. The van der Waals surface area contributed by atoms with Gasteiger partial charge in [0.1, 0.15) is 12.0 Å². The predicted molar refractivity (Wildman–Crippen MR) is 137 cm³/mol. The Hall–Kier alpha value is -2.83. The minimum Gasteiger partial charge on any atom is -0.493 e. The van der Waals surface area contributed by atoms with Crippen LogP contribution in [0.5, 0.6) is 5.75 Å². The van der Waals surface area contributed by atoms with Crippen molar-refractivity contribution in [3.05, 3.63) is 82.5 Å². The van der Waals surface area contributed by atoms with E-state index in [1.165, 1.54) is 0 Å². The van der Waals surface area contributed by atoms with Gasteiger partial charge in [-0.25, -0.2) is 4.98 Å². The van der Waals surface area contributed by atoms with Crippen molar-refractivity contribution < 1.29 is 13.9 Å². The van der Waals surface area contributed by atoms with E-state index in [2.05, 4.69) is 9.88 Å². The summed E-state index contributed by atoms with van der Waals surface area (Å²) in [6, 6.07) is 15.8. The number of carbonyl (C=O) groups excluding carboxylic acids is 1. The zero-order valence-corrected chi connectivity index (χ0v) is 21.6. The number of hydrogen-bond acceptors (Lipinski definition) is 5. The van der Waals surface area contributed by atoms with E-state index in [0.717, 1.165) is 53.5 Å². The van der Waals surface area contributed by atoms with Gasteiger partial charge in [-0.3, -0.25) is 9.69 Å². The maximum absolute atomic E-state index is 13.4. The maximum Gasteiger partial charge on any atom is 0.223 e. The van der Waals surface area contributed by atoms with Gasteiger partial charge in [-0.05, 0) is 55.6 Å². The number of carbonyl (C=O) groups is 1. The Kier molecular flexibility index (Phi) is 8.14. The number of ether oxygens (including phenoxy) is 1. The summed E-state index contributed by atoms with van der Waals surface area (Å²) in [6.07, 6.45) is 4.07. The third-order valence-corrected chi connectivity index (χ3v) is 7.11. The van der Waals surface area contributed by atoms with E-state index in [9.17, 15) is 4.79 Å². The van der Waals surface area contributed by atoms with Gasteiger partial charge in [-0.1, -0.05) is 41.9 Å². The van der Waals surface area contributed by atoms with Crippen LogP contribution >= 0.6 is 11.6 Å². The molecule has 1 unspecified atom stereocenters. The van der Waals surface area contributed by atoms with E-state index in [1.54, 1.807) is 6.26 Å². The molecular weight excluding hydrogens is 462 g/mol. The van der Waals surface area contributed by atoms with Crippen LogP contribution in [0.15, 0.2) is 59.2 Å². The average Bonchev–Trinajstić information content (AvgIpc) is 3.25. The third kappa shape index (κ3) is 6.86. The highest BCUT2D eigenvalue weighted by molar-refractivity contribution is 6.31. The summed E-state index contributed by atoms with van der Waals surface area (Å²) in [5, 5.41) is 0.719. The summed E-state index contributed by atoms with van der Waals surface area (Å²) in [7, 11) is 1.88. The molecule has 0 N–H and O–H groups in total. The fraction of sp³-hybridized carbons (Fsp3) is 0.429. The van der Waals surface area contributed by atoms with Crippen LogP contribution in [0.2, 0.25) is 5.02 Å². The number of aryl methyl sites for hydroxylation is 2. The maximum atomic E-state index is 13.4. The molecule has 0 bridgehead atoms. The number of rotatable bonds is 9. The molecule has 186 valence electrons. The Morgan fingerprint density at radius 1 is 1.23 bits per heavy atom. The molecule has 1 amide bonds. The molecule has 7 heteroatoms. The van der Waals surface area contributed by atoms with Crippen LogP contribution in [0, 0.1) is 19.3 Å². The number of aromatic nitrogens is 1. The SMILES string of the molecule is Cc1nc(CN2CCCC(COc3ccc(Cl)c(C)c3)(CC(=O)N(C)Cc3ccccc3)C2)co1. The van der Waals surface area contributed by atoms with Crippen LogP contribution in [0.1, 0.15) is 42.0 Å². The first-order valence-corrected chi connectivity index (χ1v) is 12.5. The van der Waals surface area contributed by atoms with E-state index in [0.29, 0.717) is 32.0 Å². The molecule has 1 aromatic heterocycles. The first kappa shape index (κ1) is 25.3. The minimum absolute atomic E-state index is 0.129. The van der Waals surface area contributed by atoms with E-state index in [1.807, 2.05) is 74.3 Å². The lowest BCUT2D eigenvalue weighted by atomic mass is 9.77. The third-order valence-electron chi connectivity index (χ3n) is 6.68. The number of benzene rings is 2. The van der Waals surface area contributed by atoms with E-state index in [4.69, 9.17) is 20.8 Å². The lowest BCUT2D eigenvalue weighted by molar-refractivity contribution is -0.135. The lowest BCUT2D eigenvalue weighted by Crippen LogP contribution is -2.48. The molecule has 1 fully saturated rings. The van der Waals surface area contributed by atoms with Crippen molar-refractivity contribution in [3.63, 3.8) is 0 Å². The summed E-state index contributed by atoms with van der Waals surface area (Å²) in [4.78, 5) is 22.1. The smallest absolute Gasteiger partial charge is 0.223 e. The first-order valence-electron chi connectivity index (χ1n) is 12.1. The van der Waals surface area contributed by atoms with Crippen molar-refractivity contribution in [2.75, 3.05) is 26.7 Å². The molecule has 3 aromatic rings. The Morgan fingerprint density at radius 2 is 2.03 bits per heavy atom. The van der Waals surface area contributed by atoms with E-state index >= 15 is 0 Å². The highest BCUT2D eigenvalue weighted by atomic mass is 35.5. The number of halogens is 1. The van der Waals surface area contributed by atoms with Gasteiger partial charge in [-0.15, -0.1) is 0 Å². The molecule has 1 aliphatic rings. The van der Waals surface area contributed by atoms with E-state index < -0.39 is 0 Å². The van der Waals surface area contributed by atoms with Gasteiger partial charge in [0.05, 0.1) is 12.3 Å². The largest absolute Gasteiger partial charge is 0.493 e. The Labute approximate surface area is 212 Å². The van der Waals surface area contributed by atoms with Crippen molar-refractivity contribution >= 4 is 17.5 Å². The summed E-state index contributed by atoms with van der Waals surface area (Å²) < 4.78 is 11.7. The lowest BCUT2D eigenvalue weighted by Gasteiger charge is -2.42. The minimum atomic E-state index is -0.299. The number of amides is 1. The Balaban J connectivity index is 1.49. The molecule has 0 radical (unpaired) electrons. The van der Waals surface area contributed by atoms with Gasteiger partial charge in [0.15, 0.2) is 5.89 Å². The van der Waals surface area contributed by atoms with Gasteiger partial charge in [-0.2, -0.15) is 0 Å². The van der Waals surface area contributed by atoms with Gasteiger partial charge in [0, 0.05) is 50.5 Å². The molecule has 1 aliphatic heterocycles. The number of piperidine rings is 1. The molecule has 4 rings (SSSR count). The normalized spacial score (nSPS) is 18.4. The number of oxazole rings is 1. The summed E-state index contributed by atoms with van der Waals surface area (Å²) in [5.74, 6) is 1.58. The number of likely N-dealkylation sites (tertiary alicyclic amines) is 1. The van der Waals surface area contributed by atoms with Crippen LogP contribution < -0.4 is 4.74 Å². The number of hydrogen-bond donors (Lipinski definition) is 0. The number of nitrogens with zero attached hydrogens (tertiary/aromatic N) is 3. The van der Waals surface area contributed by atoms with Crippen LogP contribution in [0.25, 0.3) is 0 Å². The molecule has 1 atom stereocenters. The second kappa shape index (κ2) is 11.3. The standard InChI is InChI=1S/C28H34ClN3O3/c1-21-14-25(10-11-26(21)29)35-20-28(15-27(33)31(3)16-23-8-5-4-6-9-23)12-7-13-32(19-28)17-24-18-34-22(2)30-24/h4-6,8-11,14,18H,7,12-13,15-17,19-20H2,1-3H3. The zero-order valence-electron chi connectivity index (χ0n) is 20.8. The molecule has 0 spiro atoms. The van der Waals surface area contributed by atoms with Crippen molar-refractivity contribution in [2.24, 2.45) is 5.41 Å². The van der Waals surface area contributed by atoms with Gasteiger partial charge in [0.25, 0.3) is 0 Å². The van der Waals surface area contributed by atoms with Crippen LogP contribution in [-0.4, -0.2) is 47.4 Å². The predicted octanol–water partition coefficient (Wildman–Crippen LogP) is 5.65. The van der Waals surface area contributed by atoms with Crippen LogP contribution in [-0.2, 0) is 17.9 Å². The van der Waals surface area contributed by atoms with Gasteiger partial charge < -0.3 is 14.1 Å². The molecule has 35 heavy (non-hydrogen) atoms. The second-order valence-electron chi connectivity index (χ2n) is 9.78. The average molecular weight is 496 g/mol. The summed E-state index contributed by atoms with van der Waals surface area (Å²) >= 11 is 6.20. The van der Waals surface area contributed by atoms with Crippen molar-refractivity contribution in [3.8, 4) is 5.75 Å². The van der Waals surface area contributed by atoms with Gasteiger partial charge in [0.2, 0.25) is 5.91 Å². The highest BCUT2D eigenvalue weighted by Gasteiger charge is 2.39. The Bertz CT molecular complexity index is 1130. The van der Waals surface area contributed by atoms with Gasteiger partial charge >= 0.3 is 0 Å². The second-order valence-corrected chi connectivity index (χ2v) is 10.2. The fourth-order valence-corrected chi connectivity index (χ4v) is 4.93. The monoisotopic (exact) mass is 495 g/mol. The molecular formula is C28H34ClN3O3. The Morgan fingerprint density at radius 3 is 2.74 bits per heavy atom. The zero-order chi connectivity index (χ0) is 24.8. The summed E-state index contributed by atoms with van der Waals surface area (Å²) in [5.41, 5.74) is 2.72. The highest BCUT2D eigenvalue weighted by Crippen LogP contribution is 2.36.